The SMILES string of the molecule is Nc1[nH]ncc1-c1ccc(C(F)(F)F)cc1. The second kappa shape index (κ2) is 3.55. The molecular weight excluding hydrogens is 219 g/mol. The molecule has 1 aromatic heterocycles. The third-order valence-corrected chi connectivity index (χ3v) is 2.19. The smallest absolute Gasteiger partial charge is 0.384 e. The highest BCUT2D eigenvalue weighted by Crippen LogP contribution is 2.31. The molecule has 0 atom stereocenters. The first-order chi connectivity index (χ1) is 7.48. The van der Waals surface area contributed by atoms with Crippen molar-refractivity contribution >= 4 is 5.82 Å². The number of nitrogen functional groups attached to an aromatic ring is 1. The van der Waals surface area contributed by atoms with E-state index < -0.39 is 11.7 Å². The molecule has 3 N–H and O–H groups in total. The van der Waals surface area contributed by atoms with Crippen LogP contribution >= 0.6 is 0 Å². The second-order valence-electron chi connectivity index (χ2n) is 3.27. The lowest BCUT2D eigenvalue weighted by molar-refractivity contribution is -0.137. The van der Waals surface area contributed by atoms with Gasteiger partial charge in [-0.2, -0.15) is 18.3 Å². The number of aromatic amines is 1. The number of nitrogens with one attached hydrogen (secondary N) is 1. The lowest BCUT2D eigenvalue weighted by Crippen LogP contribution is -2.04. The van der Waals surface area contributed by atoms with Crippen LogP contribution in [0, 0.1) is 0 Å². The Balaban J connectivity index is 2.37. The van der Waals surface area contributed by atoms with Gasteiger partial charge in [0.15, 0.2) is 0 Å². The average molecular weight is 227 g/mol. The van der Waals surface area contributed by atoms with Crippen molar-refractivity contribution in [1.29, 1.82) is 0 Å². The molecule has 0 saturated carbocycles. The average Bonchev–Trinajstić information content (AvgIpc) is 2.63. The molecule has 16 heavy (non-hydrogen) atoms. The Bertz CT molecular complexity index is 485. The topological polar surface area (TPSA) is 54.7 Å². The summed E-state index contributed by atoms with van der Waals surface area (Å²) < 4.78 is 36.9. The van der Waals surface area contributed by atoms with Crippen LogP contribution in [0.25, 0.3) is 11.1 Å². The third-order valence-electron chi connectivity index (χ3n) is 2.19. The zero-order valence-electron chi connectivity index (χ0n) is 8.05. The Morgan fingerprint density at radius 1 is 1.12 bits per heavy atom. The third kappa shape index (κ3) is 1.86. The predicted molar refractivity (Wildman–Crippen MR) is 53.4 cm³/mol. The molecule has 0 saturated heterocycles. The molecule has 1 heterocycles. The maximum absolute atomic E-state index is 12.3. The Morgan fingerprint density at radius 2 is 1.75 bits per heavy atom. The van der Waals surface area contributed by atoms with Crippen molar-refractivity contribution in [1.82, 2.24) is 10.2 Å². The number of H-pyrrole nitrogens is 1. The van der Waals surface area contributed by atoms with E-state index in [0.29, 0.717) is 16.9 Å². The minimum Gasteiger partial charge on any atom is -0.384 e. The Kier molecular flexibility index (Phi) is 2.34. The number of alkyl halides is 3. The molecule has 3 nitrogen and oxygen atoms in total. The largest absolute Gasteiger partial charge is 0.416 e. The lowest BCUT2D eigenvalue weighted by Gasteiger charge is -2.06. The number of hydrogen-bond donors (Lipinski definition) is 2. The zero-order chi connectivity index (χ0) is 11.8. The molecule has 6 heteroatoms. The van der Waals surface area contributed by atoms with E-state index in [1.165, 1.54) is 18.3 Å². The standard InChI is InChI=1S/C10H8F3N3/c11-10(12,13)7-3-1-6(2-4-7)8-5-15-16-9(8)14/h1-5H,(H3,14,15,16). The highest BCUT2D eigenvalue weighted by atomic mass is 19.4. The molecule has 0 aliphatic carbocycles. The van der Waals surface area contributed by atoms with E-state index in [0.717, 1.165) is 12.1 Å². The molecular formula is C10H8F3N3. The Labute approximate surface area is 89.1 Å². The normalized spacial score (nSPS) is 11.7. The van der Waals surface area contributed by atoms with E-state index in [2.05, 4.69) is 10.2 Å². The van der Waals surface area contributed by atoms with Crippen molar-refractivity contribution in [3.05, 3.63) is 36.0 Å². The summed E-state index contributed by atoms with van der Waals surface area (Å²) in [7, 11) is 0. The molecule has 0 unspecified atom stereocenters. The first-order valence-corrected chi connectivity index (χ1v) is 4.45. The molecule has 2 aromatic rings. The minimum absolute atomic E-state index is 0.333. The van der Waals surface area contributed by atoms with Crippen LogP contribution in [-0.2, 0) is 6.18 Å². The number of hydrogen-bond acceptors (Lipinski definition) is 2. The molecule has 0 bridgehead atoms. The maximum atomic E-state index is 12.3. The van der Waals surface area contributed by atoms with Crippen molar-refractivity contribution in [2.75, 3.05) is 5.73 Å². The van der Waals surface area contributed by atoms with Gasteiger partial charge in [-0.1, -0.05) is 12.1 Å². The van der Waals surface area contributed by atoms with Gasteiger partial charge in [0.25, 0.3) is 0 Å². The van der Waals surface area contributed by atoms with Crippen LogP contribution in [0.2, 0.25) is 0 Å². The van der Waals surface area contributed by atoms with Crippen LogP contribution in [0.3, 0.4) is 0 Å². The number of halogens is 3. The molecule has 0 spiro atoms. The number of nitrogens with two attached hydrogens (primary N) is 1. The number of benzene rings is 1. The monoisotopic (exact) mass is 227 g/mol. The van der Waals surface area contributed by atoms with Gasteiger partial charge in [-0.05, 0) is 17.7 Å². The summed E-state index contributed by atoms with van der Waals surface area (Å²) in [6, 6.07) is 4.76. The van der Waals surface area contributed by atoms with Gasteiger partial charge in [-0.25, -0.2) is 0 Å². The molecule has 1 aromatic carbocycles. The van der Waals surface area contributed by atoms with Crippen LogP contribution in [0.1, 0.15) is 5.56 Å². The fourth-order valence-electron chi connectivity index (χ4n) is 1.36. The van der Waals surface area contributed by atoms with E-state index >= 15 is 0 Å². The van der Waals surface area contributed by atoms with Crippen molar-refractivity contribution in [2.45, 2.75) is 6.18 Å². The first kappa shape index (κ1) is 10.5. The van der Waals surface area contributed by atoms with Crippen molar-refractivity contribution in [3.63, 3.8) is 0 Å². The van der Waals surface area contributed by atoms with Crippen LogP contribution in [0.4, 0.5) is 19.0 Å². The van der Waals surface area contributed by atoms with Gasteiger partial charge < -0.3 is 5.73 Å². The van der Waals surface area contributed by atoms with Crippen molar-refractivity contribution in [2.24, 2.45) is 0 Å². The van der Waals surface area contributed by atoms with Crippen molar-refractivity contribution < 1.29 is 13.2 Å². The Morgan fingerprint density at radius 3 is 2.19 bits per heavy atom. The highest BCUT2D eigenvalue weighted by Gasteiger charge is 2.30. The van der Waals surface area contributed by atoms with Gasteiger partial charge in [-0.15, -0.1) is 0 Å². The fraction of sp³-hybridized carbons (Fsp3) is 0.100. The van der Waals surface area contributed by atoms with Gasteiger partial charge in [0.1, 0.15) is 5.82 Å². The summed E-state index contributed by atoms with van der Waals surface area (Å²) in [5.41, 5.74) is 6.06. The van der Waals surface area contributed by atoms with Crippen LogP contribution < -0.4 is 5.73 Å². The molecule has 0 fully saturated rings. The number of rotatable bonds is 1. The number of aromatic nitrogens is 2. The van der Waals surface area contributed by atoms with Gasteiger partial charge in [0, 0.05) is 5.56 Å². The molecule has 0 aliphatic heterocycles. The summed E-state index contributed by atoms with van der Waals surface area (Å²) >= 11 is 0. The van der Waals surface area contributed by atoms with Gasteiger partial charge in [0.05, 0.1) is 11.8 Å². The summed E-state index contributed by atoms with van der Waals surface area (Å²) in [5.74, 6) is 0.333. The fourth-order valence-corrected chi connectivity index (χ4v) is 1.36. The number of anilines is 1. The van der Waals surface area contributed by atoms with Crippen LogP contribution in [-0.4, -0.2) is 10.2 Å². The van der Waals surface area contributed by atoms with E-state index in [1.54, 1.807) is 0 Å². The van der Waals surface area contributed by atoms with Gasteiger partial charge in [-0.3, -0.25) is 5.10 Å². The minimum atomic E-state index is -4.32. The van der Waals surface area contributed by atoms with E-state index in [4.69, 9.17) is 5.73 Å². The molecule has 2 rings (SSSR count). The highest BCUT2D eigenvalue weighted by molar-refractivity contribution is 5.73. The first-order valence-electron chi connectivity index (χ1n) is 4.45. The number of nitrogens with zero attached hydrogens (tertiary/aromatic N) is 1. The maximum Gasteiger partial charge on any atom is 0.416 e. The van der Waals surface area contributed by atoms with E-state index in [9.17, 15) is 13.2 Å². The molecule has 84 valence electrons. The van der Waals surface area contributed by atoms with Crippen LogP contribution in [0.15, 0.2) is 30.5 Å². The summed E-state index contributed by atoms with van der Waals surface area (Å²) in [5, 5.41) is 6.21. The van der Waals surface area contributed by atoms with Crippen LogP contribution in [0.5, 0.6) is 0 Å². The van der Waals surface area contributed by atoms with Gasteiger partial charge >= 0.3 is 6.18 Å². The summed E-state index contributed by atoms with van der Waals surface area (Å²) in [6.45, 7) is 0. The van der Waals surface area contributed by atoms with E-state index in [-0.39, 0.29) is 0 Å². The second-order valence-corrected chi connectivity index (χ2v) is 3.27. The predicted octanol–water partition coefficient (Wildman–Crippen LogP) is 2.68. The summed E-state index contributed by atoms with van der Waals surface area (Å²) in [6.07, 6.45) is -2.85. The lowest BCUT2D eigenvalue weighted by atomic mass is 10.1. The molecule has 0 amide bonds. The van der Waals surface area contributed by atoms with E-state index in [1.807, 2.05) is 0 Å². The molecule has 0 radical (unpaired) electrons. The zero-order valence-corrected chi connectivity index (χ0v) is 8.05. The summed E-state index contributed by atoms with van der Waals surface area (Å²) in [4.78, 5) is 0. The quantitative estimate of drug-likeness (QED) is 0.786. The molecule has 0 aliphatic rings. The van der Waals surface area contributed by atoms with Crippen molar-refractivity contribution in [3.8, 4) is 11.1 Å². The Hall–Kier alpha value is -1.98. The van der Waals surface area contributed by atoms with Gasteiger partial charge in [0.2, 0.25) is 0 Å².